The molecule has 0 radical (unpaired) electrons. The van der Waals surface area contributed by atoms with Gasteiger partial charge in [-0.2, -0.15) is 5.10 Å². The Kier molecular flexibility index (Phi) is 4.39. The molecule has 1 aromatic heterocycles. The molecular weight excluding hydrogens is 274 g/mol. The van der Waals surface area contributed by atoms with Crippen LogP contribution in [-0.4, -0.2) is 28.8 Å². The van der Waals surface area contributed by atoms with Gasteiger partial charge in [0.2, 0.25) is 0 Å². The van der Waals surface area contributed by atoms with Crippen LogP contribution in [0.25, 0.3) is 10.9 Å². The molecule has 0 saturated carbocycles. The number of fused-ring (bicyclic) bond motifs is 1. The Morgan fingerprint density at radius 1 is 1.14 bits per heavy atom. The minimum Gasteiger partial charge on any atom is -0.494 e. The molecule has 0 spiro atoms. The van der Waals surface area contributed by atoms with E-state index in [1.165, 1.54) is 11.1 Å². The molecule has 3 aromatic rings. The zero-order valence-corrected chi connectivity index (χ0v) is 13.0. The average molecular weight is 295 g/mol. The topological polar surface area (TPSA) is 41.1 Å². The molecular formula is C18H21N3O. The Labute approximate surface area is 130 Å². The quantitative estimate of drug-likeness (QED) is 0.755. The summed E-state index contributed by atoms with van der Waals surface area (Å²) in [6.45, 7) is 4.45. The van der Waals surface area contributed by atoms with Crippen LogP contribution in [0.3, 0.4) is 0 Å². The number of nitrogens with one attached hydrogen (secondary N) is 1. The molecule has 4 nitrogen and oxygen atoms in total. The van der Waals surface area contributed by atoms with Crippen LogP contribution in [0.15, 0.2) is 48.7 Å². The lowest BCUT2D eigenvalue weighted by Crippen LogP contribution is -2.17. The first-order chi connectivity index (χ1) is 10.8. The van der Waals surface area contributed by atoms with Gasteiger partial charge in [0.15, 0.2) is 0 Å². The number of para-hydroxylation sites is 1. The third-order valence-corrected chi connectivity index (χ3v) is 3.67. The first-order valence-electron chi connectivity index (χ1n) is 7.57. The summed E-state index contributed by atoms with van der Waals surface area (Å²) in [6.07, 6.45) is 1.85. The van der Waals surface area contributed by atoms with Crippen LogP contribution in [0.4, 0.5) is 0 Å². The molecule has 0 atom stereocenters. The lowest BCUT2D eigenvalue weighted by atomic mass is 10.1. The number of benzene rings is 2. The molecule has 0 bridgehead atoms. The number of aromatic nitrogens is 2. The first-order valence-corrected chi connectivity index (χ1v) is 7.57. The summed E-state index contributed by atoms with van der Waals surface area (Å²) in [4.78, 5) is 2.29. The van der Waals surface area contributed by atoms with Crippen molar-refractivity contribution in [3.8, 4) is 5.75 Å². The Hall–Kier alpha value is -2.33. The third kappa shape index (κ3) is 3.28. The zero-order valence-electron chi connectivity index (χ0n) is 13.0. The Morgan fingerprint density at radius 3 is 2.86 bits per heavy atom. The molecule has 3 rings (SSSR count). The Bertz CT molecular complexity index is 751. The van der Waals surface area contributed by atoms with Crippen LogP contribution in [-0.2, 0) is 13.1 Å². The van der Waals surface area contributed by atoms with Crippen LogP contribution in [0.1, 0.15) is 18.1 Å². The predicted molar refractivity (Wildman–Crippen MR) is 88.9 cm³/mol. The van der Waals surface area contributed by atoms with E-state index < -0.39 is 0 Å². The van der Waals surface area contributed by atoms with E-state index in [-0.39, 0.29) is 0 Å². The predicted octanol–water partition coefficient (Wildman–Crippen LogP) is 3.59. The van der Waals surface area contributed by atoms with Crippen molar-refractivity contribution in [3.63, 3.8) is 0 Å². The molecule has 0 aliphatic heterocycles. The molecule has 0 amide bonds. The maximum Gasteiger partial charge on any atom is 0.123 e. The van der Waals surface area contributed by atoms with Gasteiger partial charge >= 0.3 is 0 Å². The van der Waals surface area contributed by atoms with Crippen LogP contribution in [0, 0.1) is 0 Å². The number of hydrogen-bond acceptors (Lipinski definition) is 3. The van der Waals surface area contributed by atoms with Crippen molar-refractivity contribution in [2.45, 2.75) is 20.0 Å². The molecule has 0 fully saturated rings. The normalized spacial score (nSPS) is 11.2. The van der Waals surface area contributed by atoms with Gasteiger partial charge in [-0.25, -0.2) is 0 Å². The van der Waals surface area contributed by atoms with Crippen molar-refractivity contribution in [2.24, 2.45) is 0 Å². The van der Waals surface area contributed by atoms with E-state index in [9.17, 15) is 0 Å². The van der Waals surface area contributed by atoms with Gasteiger partial charge < -0.3 is 4.74 Å². The molecule has 0 aliphatic rings. The van der Waals surface area contributed by atoms with Gasteiger partial charge in [0.25, 0.3) is 0 Å². The molecule has 4 heteroatoms. The Balaban J connectivity index is 1.70. The maximum absolute atomic E-state index is 5.70. The van der Waals surface area contributed by atoms with Crippen molar-refractivity contribution in [1.82, 2.24) is 15.1 Å². The standard InChI is InChI=1S/C18H21N3O/c1-3-22-18-7-5-4-6-16(18)13-21(2)12-14-8-9-15-11-19-20-17(15)10-14/h4-11H,3,12-13H2,1-2H3,(H,19,20). The molecule has 2 aromatic carbocycles. The molecule has 1 heterocycles. The fraction of sp³-hybridized carbons (Fsp3) is 0.278. The highest BCUT2D eigenvalue weighted by atomic mass is 16.5. The molecule has 22 heavy (non-hydrogen) atoms. The van der Waals surface area contributed by atoms with Gasteiger partial charge in [0.05, 0.1) is 18.3 Å². The zero-order chi connectivity index (χ0) is 15.4. The highest BCUT2D eigenvalue weighted by molar-refractivity contribution is 5.78. The van der Waals surface area contributed by atoms with Crippen LogP contribution in [0.5, 0.6) is 5.75 Å². The van der Waals surface area contributed by atoms with E-state index >= 15 is 0 Å². The van der Waals surface area contributed by atoms with E-state index in [2.05, 4.69) is 52.5 Å². The van der Waals surface area contributed by atoms with Crippen LogP contribution >= 0.6 is 0 Å². The largest absolute Gasteiger partial charge is 0.494 e. The molecule has 0 saturated heterocycles. The summed E-state index contributed by atoms with van der Waals surface area (Å²) in [7, 11) is 2.12. The number of H-pyrrole nitrogens is 1. The first kappa shape index (κ1) is 14.6. The van der Waals surface area contributed by atoms with E-state index in [4.69, 9.17) is 4.74 Å². The highest BCUT2D eigenvalue weighted by Crippen LogP contribution is 2.21. The number of hydrogen-bond donors (Lipinski definition) is 1. The SMILES string of the molecule is CCOc1ccccc1CN(C)Cc1ccc2cn[nH]c2c1. The summed E-state index contributed by atoms with van der Waals surface area (Å²) < 4.78 is 5.70. The van der Waals surface area contributed by atoms with Gasteiger partial charge in [-0.3, -0.25) is 10.00 Å². The van der Waals surface area contributed by atoms with Gasteiger partial charge in [-0.15, -0.1) is 0 Å². The van der Waals surface area contributed by atoms with Crippen LogP contribution < -0.4 is 4.74 Å². The molecule has 114 valence electrons. The lowest BCUT2D eigenvalue weighted by Gasteiger charge is -2.19. The van der Waals surface area contributed by atoms with E-state index in [1.807, 2.05) is 25.3 Å². The highest BCUT2D eigenvalue weighted by Gasteiger charge is 2.07. The summed E-state index contributed by atoms with van der Waals surface area (Å²) in [5.41, 5.74) is 3.57. The number of aromatic amines is 1. The maximum atomic E-state index is 5.70. The second-order valence-electron chi connectivity index (χ2n) is 5.50. The number of ether oxygens (including phenoxy) is 1. The lowest BCUT2D eigenvalue weighted by molar-refractivity contribution is 0.298. The Morgan fingerprint density at radius 2 is 2.00 bits per heavy atom. The summed E-state index contributed by atoms with van der Waals surface area (Å²) in [5.74, 6) is 0.973. The smallest absolute Gasteiger partial charge is 0.123 e. The number of nitrogens with zero attached hydrogens (tertiary/aromatic N) is 2. The molecule has 0 aliphatic carbocycles. The molecule has 0 unspecified atom stereocenters. The van der Waals surface area contributed by atoms with Crippen molar-refractivity contribution < 1.29 is 4.74 Å². The van der Waals surface area contributed by atoms with Gasteiger partial charge in [0.1, 0.15) is 5.75 Å². The van der Waals surface area contributed by atoms with E-state index in [0.717, 1.165) is 29.7 Å². The summed E-state index contributed by atoms with van der Waals surface area (Å²) in [6, 6.07) is 14.7. The van der Waals surface area contributed by atoms with Gasteiger partial charge in [-0.1, -0.05) is 30.3 Å². The van der Waals surface area contributed by atoms with Crippen LogP contribution in [0.2, 0.25) is 0 Å². The second-order valence-corrected chi connectivity index (χ2v) is 5.50. The van der Waals surface area contributed by atoms with Gasteiger partial charge in [-0.05, 0) is 31.7 Å². The van der Waals surface area contributed by atoms with E-state index in [1.54, 1.807) is 0 Å². The second kappa shape index (κ2) is 6.62. The third-order valence-electron chi connectivity index (χ3n) is 3.67. The minimum atomic E-state index is 0.692. The van der Waals surface area contributed by atoms with Gasteiger partial charge in [0, 0.05) is 24.0 Å². The van der Waals surface area contributed by atoms with Crippen molar-refractivity contribution in [1.29, 1.82) is 0 Å². The van der Waals surface area contributed by atoms with Crippen molar-refractivity contribution in [3.05, 3.63) is 59.8 Å². The monoisotopic (exact) mass is 295 g/mol. The average Bonchev–Trinajstić information content (AvgIpc) is 2.97. The summed E-state index contributed by atoms with van der Waals surface area (Å²) in [5, 5.41) is 8.23. The molecule has 1 N–H and O–H groups in total. The van der Waals surface area contributed by atoms with Crippen molar-refractivity contribution in [2.75, 3.05) is 13.7 Å². The summed E-state index contributed by atoms with van der Waals surface area (Å²) >= 11 is 0. The van der Waals surface area contributed by atoms with Crippen molar-refractivity contribution >= 4 is 10.9 Å². The fourth-order valence-electron chi connectivity index (χ4n) is 2.67. The van der Waals surface area contributed by atoms with E-state index in [0.29, 0.717) is 6.61 Å². The minimum absolute atomic E-state index is 0.692. The number of rotatable bonds is 6. The fourth-order valence-corrected chi connectivity index (χ4v) is 2.67.